The van der Waals surface area contributed by atoms with Gasteiger partial charge in [0, 0.05) is 13.1 Å². The molecule has 2 aromatic rings. The third-order valence-electron chi connectivity index (χ3n) is 5.21. The lowest BCUT2D eigenvalue weighted by Crippen LogP contribution is -2.52. The van der Waals surface area contributed by atoms with Gasteiger partial charge in [-0.05, 0) is 42.7 Å². The van der Waals surface area contributed by atoms with E-state index in [0.717, 1.165) is 41.1 Å². The molecule has 2 amide bonds. The topological polar surface area (TPSA) is 86.8 Å². The van der Waals surface area contributed by atoms with Crippen LogP contribution in [-0.4, -0.2) is 50.5 Å². The average Bonchev–Trinajstić information content (AvgIpc) is 2.78. The standard InChI is InChI=1S/C24H32FN3O4S/c1-4-6-16-26-24(30)22(5-2)27(17-19-10-8-7-9-11-19)23(29)18-28(33(3,31)32)21-14-12-20(25)13-15-21/h7-15,22H,4-6,16-18H2,1-3H3,(H,26,30)/t22-/m0/s1. The van der Waals surface area contributed by atoms with Crippen molar-refractivity contribution in [1.82, 2.24) is 10.2 Å². The Morgan fingerprint density at radius 2 is 1.67 bits per heavy atom. The Hall–Kier alpha value is -2.94. The Labute approximate surface area is 195 Å². The van der Waals surface area contributed by atoms with Gasteiger partial charge in [-0.2, -0.15) is 0 Å². The average molecular weight is 478 g/mol. The molecule has 0 heterocycles. The second-order valence-electron chi connectivity index (χ2n) is 7.82. The van der Waals surface area contributed by atoms with Crippen LogP contribution in [0.25, 0.3) is 0 Å². The summed E-state index contributed by atoms with van der Waals surface area (Å²) in [5.74, 6) is -1.31. The Bertz CT molecular complexity index is 1010. The monoisotopic (exact) mass is 477 g/mol. The molecule has 2 rings (SSSR count). The van der Waals surface area contributed by atoms with Gasteiger partial charge in [0.1, 0.15) is 18.4 Å². The number of nitrogens with one attached hydrogen (secondary N) is 1. The van der Waals surface area contributed by atoms with E-state index in [1.165, 1.54) is 17.0 Å². The number of halogens is 1. The molecule has 0 aliphatic carbocycles. The zero-order chi connectivity index (χ0) is 24.4. The normalized spacial score (nSPS) is 12.1. The van der Waals surface area contributed by atoms with Crippen LogP contribution in [0.3, 0.4) is 0 Å². The number of hydrogen-bond donors (Lipinski definition) is 1. The van der Waals surface area contributed by atoms with Crippen molar-refractivity contribution in [3.8, 4) is 0 Å². The van der Waals surface area contributed by atoms with Gasteiger partial charge in [-0.15, -0.1) is 0 Å². The van der Waals surface area contributed by atoms with Crippen LogP contribution in [-0.2, 0) is 26.2 Å². The van der Waals surface area contributed by atoms with Crippen LogP contribution in [0.1, 0.15) is 38.7 Å². The predicted molar refractivity (Wildman–Crippen MR) is 128 cm³/mol. The van der Waals surface area contributed by atoms with Gasteiger partial charge in [0.25, 0.3) is 0 Å². The Morgan fingerprint density at radius 1 is 1.03 bits per heavy atom. The molecule has 0 saturated carbocycles. The van der Waals surface area contributed by atoms with Crippen LogP contribution in [0.5, 0.6) is 0 Å². The first kappa shape index (κ1) is 26.3. The molecule has 0 bridgehead atoms. The molecule has 180 valence electrons. The van der Waals surface area contributed by atoms with E-state index in [1.807, 2.05) is 44.2 Å². The van der Waals surface area contributed by atoms with Crippen LogP contribution in [0, 0.1) is 5.82 Å². The second-order valence-corrected chi connectivity index (χ2v) is 9.73. The summed E-state index contributed by atoms with van der Waals surface area (Å²) < 4.78 is 39.2. The summed E-state index contributed by atoms with van der Waals surface area (Å²) in [5.41, 5.74) is 0.991. The zero-order valence-electron chi connectivity index (χ0n) is 19.3. The summed E-state index contributed by atoms with van der Waals surface area (Å²) in [6.07, 6.45) is 3.10. The van der Waals surface area contributed by atoms with Crippen LogP contribution >= 0.6 is 0 Å². The lowest BCUT2D eigenvalue weighted by molar-refractivity contribution is -0.140. The van der Waals surface area contributed by atoms with Crippen molar-refractivity contribution in [2.45, 2.75) is 45.7 Å². The smallest absolute Gasteiger partial charge is 0.244 e. The van der Waals surface area contributed by atoms with Crippen molar-refractivity contribution < 1.29 is 22.4 Å². The van der Waals surface area contributed by atoms with Gasteiger partial charge in [0.05, 0.1) is 11.9 Å². The Kier molecular flexibility index (Phi) is 9.84. The fourth-order valence-electron chi connectivity index (χ4n) is 3.43. The van der Waals surface area contributed by atoms with Gasteiger partial charge in [0.2, 0.25) is 21.8 Å². The highest BCUT2D eigenvalue weighted by molar-refractivity contribution is 7.92. The Morgan fingerprint density at radius 3 is 2.21 bits per heavy atom. The number of sulfonamides is 1. The molecule has 0 fully saturated rings. The van der Waals surface area contributed by atoms with Crippen molar-refractivity contribution >= 4 is 27.5 Å². The molecule has 0 spiro atoms. The van der Waals surface area contributed by atoms with E-state index in [2.05, 4.69) is 5.32 Å². The van der Waals surface area contributed by atoms with E-state index in [0.29, 0.717) is 13.0 Å². The molecule has 0 aliphatic heterocycles. The highest BCUT2D eigenvalue weighted by Gasteiger charge is 2.31. The number of anilines is 1. The maximum atomic E-state index is 13.4. The molecular weight excluding hydrogens is 445 g/mol. The summed E-state index contributed by atoms with van der Waals surface area (Å²) >= 11 is 0. The first-order valence-electron chi connectivity index (χ1n) is 11.0. The quantitative estimate of drug-likeness (QED) is 0.475. The maximum Gasteiger partial charge on any atom is 0.244 e. The first-order chi connectivity index (χ1) is 15.7. The molecule has 0 aromatic heterocycles. The summed E-state index contributed by atoms with van der Waals surface area (Å²) in [6, 6.07) is 13.3. The van der Waals surface area contributed by atoms with Gasteiger partial charge < -0.3 is 10.2 Å². The minimum atomic E-state index is -3.84. The van der Waals surface area contributed by atoms with Gasteiger partial charge in [-0.25, -0.2) is 12.8 Å². The second kappa shape index (κ2) is 12.3. The largest absolute Gasteiger partial charge is 0.354 e. The number of benzene rings is 2. The minimum absolute atomic E-state index is 0.153. The highest BCUT2D eigenvalue weighted by Crippen LogP contribution is 2.20. The highest BCUT2D eigenvalue weighted by atomic mass is 32.2. The van der Waals surface area contributed by atoms with Crippen LogP contribution in [0.4, 0.5) is 10.1 Å². The SMILES string of the molecule is CCCCNC(=O)[C@H](CC)N(Cc1ccccc1)C(=O)CN(c1ccc(F)cc1)S(C)(=O)=O. The molecule has 9 heteroatoms. The number of amides is 2. The summed E-state index contributed by atoms with van der Waals surface area (Å²) in [6.45, 7) is 3.98. The fourth-order valence-corrected chi connectivity index (χ4v) is 4.28. The molecule has 7 nitrogen and oxygen atoms in total. The lowest BCUT2D eigenvalue weighted by atomic mass is 10.1. The van der Waals surface area contributed by atoms with Gasteiger partial charge in [-0.3, -0.25) is 13.9 Å². The first-order valence-corrected chi connectivity index (χ1v) is 12.9. The van der Waals surface area contributed by atoms with E-state index in [-0.39, 0.29) is 18.1 Å². The maximum absolute atomic E-state index is 13.4. The van der Waals surface area contributed by atoms with Gasteiger partial charge in [0.15, 0.2) is 0 Å². The molecule has 33 heavy (non-hydrogen) atoms. The van der Waals surface area contributed by atoms with Gasteiger partial charge >= 0.3 is 0 Å². The summed E-state index contributed by atoms with van der Waals surface area (Å²) in [5, 5.41) is 2.87. The van der Waals surface area contributed by atoms with E-state index in [9.17, 15) is 22.4 Å². The van der Waals surface area contributed by atoms with Gasteiger partial charge in [-0.1, -0.05) is 50.6 Å². The van der Waals surface area contributed by atoms with Crippen molar-refractivity contribution in [2.24, 2.45) is 0 Å². The lowest BCUT2D eigenvalue weighted by Gasteiger charge is -2.32. The number of rotatable bonds is 12. The van der Waals surface area contributed by atoms with Crippen molar-refractivity contribution in [2.75, 3.05) is 23.7 Å². The molecule has 0 saturated heterocycles. The zero-order valence-corrected chi connectivity index (χ0v) is 20.1. The van der Waals surface area contributed by atoms with Crippen molar-refractivity contribution in [1.29, 1.82) is 0 Å². The minimum Gasteiger partial charge on any atom is -0.354 e. The summed E-state index contributed by atoms with van der Waals surface area (Å²) in [7, 11) is -3.84. The fraction of sp³-hybridized carbons (Fsp3) is 0.417. The van der Waals surface area contributed by atoms with E-state index >= 15 is 0 Å². The van der Waals surface area contributed by atoms with Crippen molar-refractivity contribution in [3.05, 3.63) is 66.0 Å². The third kappa shape index (κ3) is 7.85. The number of carbonyl (C=O) groups is 2. The molecular formula is C24H32FN3O4S. The van der Waals surface area contributed by atoms with Crippen LogP contribution < -0.4 is 9.62 Å². The van der Waals surface area contributed by atoms with E-state index in [1.54, 1.807) is 0 Å². The number of hydrogen-bond acceptors (Lipinski definition) is 4. The van der Waals surface area contributed by atoms with E-state index in [4.69, 9.17) is 0 Å². The molecule has 0 aliphatic rings. The summed E-state index contributed by atoms with van der Waals surface area (Å²) in [4.78, 5) is 27.8. The molecule has 1 atom stereocenters. The molecule has 1 N–H and O–H groups in total. The molecule has 0 unspecified atom stereocenters. The number of carbonyl (C=O) groups excluding carboxylic acids is 2. The number of nitrogens with zero attached hydrogens (tertiary/aromatic N) is 2. The Balaban J connectivity index is 2.35. The van der Waals surface area contributed by atoms with E-state index < -0.39 is 34.3 Å². The third-order valence-corrected chi connectivity index (χ3v) is 6.35. The number of unbranched alkanes of at least 4 members (excludes halogenated alkanes) is 1. The van der Waals surface area contributed by atoms with Crippen molar-refractivity contribution in [3.63, 3.8) is 0 Å². The predicted octanol–water partition coefficient (Wildman–Crippen LogP) is 3.32. The van der Waals surface area contributed by atoms with Crippen LogP contribution in [0.2, 0.25) is 0 Å². The molecule has 2 aromatic carbocycles. The van der Waals surface area contributed by atoms with Crippen LogP contribution in [0.15, 0.2) is 54.6 Å². The molecule has 0 radical (unpaired) electrons.